The fraction of sp³-hybridized carbons (Fsp3) is 0.321. The minimum Gasteiger partial charge on any atom is -0.493 e. The molecule has 3 aromatic rings. The van der Waals surface area contributed by atoms with E-state index in [0.29, 0.717) is 46.8 Å². The normalized spacial score (nSPS) is 17.2. The van der Waals surface area contributed by atoms with E-state index in [1.165, 1.54) is 31.1 Å². The number of allylic oxidation sites excluding steroid dienone is 1. The Labute approximate surface area is 210 Å². The number of anilines is 2. The molecule has 1 fully saturated rings. The van der Waals surface area contributed by atoms with Gasteiger partial charge in [0.2, 0.25) is 5.95 Å². The van der Waals surface area contributed by atoms with Crippen LogP contribution in [0.2, 0.25) is 0 Å². The molecule has 1 aromatic heterocycles. The Morgan fingerprint density at radius 1 is 1.17 bits per heavy atom. The number of methoxy groups -OCH3 is 2. The van der Waals surface area contributed by atoms with E-state index in [1.807, 2.05) is 18.3 Å². The van der Waals surface area contributed by atoms with E-state index in [2.05, 4.69) is 39.1 Å². The van der Waals surface area contributed by atoms with Crippen molar-refractivity contribution >= 4 is 17.5 Å². The summed E-state index contributed by atoms with van der Waals surface area (Å²) in [6.45, 7) is 0.888. The number of nitrogens with two attached hydrogens (primary N) is 2. The number of nitrogen functional groups attached to an aromatic ring is 2. The Morgan fingerprint density at radius 3 is 2.69 bits per heavy atom. The number of nitrogens with zero attached hydrogens (tertiary/aromatic N) is 3. The Morgan fingerprint density at radius 2 is 1.97 bits per heavy atom. The Bertz CT molecular complexity index is 1320. The largest absolute Gasteiger partial charge is 0.493 e. The molecule has 2 aromatic carbocycles. The lowest BCUT2D eigenvalue weighted by Crippen LogP contribution is -2.32. The Kier molecular flexibility index (Phi) is 6.50. The van der Waals surface area contributed by atoms with Gasteiger partial charge in [-0.05, 0) is 54.0 Å². The number of carbonyl (C=O) groups is 1. The lowest BCUT2D eigenvalue weighted by molar-refractivity contribution is 0.104. The lowest BCUT2D eigenvalue weighted by Gasteiger charge is -2.37. The average molecular weight is 486 g/mol. The molecular formula is C28H31N5O3. The van der Waals surface area contributed by atoms with E-state index < -0.39 is 0 Å². The zero-order chi connectivity index (χ0) is 25.2. The van der Waals surface area contributed by atoms with Gasteiger partial charge in [0, 0.05) is 37.0 Å². The second kappa shape index (κ2) is 9.89. The molecule has 2 aliphatic rings. The van der Waals surface area contributed by atoms with Gasteiger partial charge < -0.3 is 25.8 Å². The third kappa shape index (κ3) is 4.71. The highest BCUT2D eigenvalue weighted by molar-refractivity contribution is 6.07. The smallest absolute Gasteiger partial charge is 0.221 e. The van der Waals surface area contributed by atoms with Crippen LogP contribution in [-0.2, 0) is 12.8 Å². The molecule has 1 atom stereocenters. The van der Waals surface area contributed by atoms with E-state index in [1.54, 1.807) is 19.4 Å². The van der Waals surface area contributed by atoms with Crippen LogP contribution in [-0.4, -0.2) is 41.4 Å². The van der Waals surface area contributed by atoms with Crippen LogP contribution in [0.5, 0.6) is 11.5 Å². The minimum atomic E-state index is -0.151. The number of aromatic nitrogens is 2. The molecule has 4 N–H and O–H groups in total. The van der Waals surface area contributed by atoms with Crippen molar-refractivity contribution in [1.29, 1.82) is 0 Å². The maximum absolute atomic E-state index is 13.5. The summed E-state index contributed by atoms with van der Waals surface area (Å²) in [6.07, 6.45) is 9.03. The number of hydrogen-bond donors (Lipinski definition) is 2. The van der Waals surface area contributed by atoms with Gasteiger partial charge in [-0.15, -0.1) is 0 Å². The second-order valence-electron chi connectivity index (χ2n) is 9.34. The van der Waals surface area contributed by atoms with E-state index in [9.17, 15) is 4.79 Å². The van der Waals surface area contributed by atoms with Gasteiger partial charge in [-0.3, -0.25) is 4.79 Å². The van der Waals surface area contributed by atoms with Crippen molar-refractivity contribution < 1.29 is 14.3 Å². The first-order chi connectivity index (χ1) is 17.5. The van der Waals surface area contributed by atoms with Gasteiger partial charge in [0.05, 0.1) is 25.8 Å². The number of carbonyl (C=O) groups excluding carboxylic acids is 1. The molecule has 0 amide bonds. The fourth-order valence-electron chi connectivity index (χ4n) is 5.07. The molecule has 1 unspecified atom stereocenters. The summed E-state index contributed by atoms with van der Waals surface area (Å²) >= 11 is 0. The van der Waals surface area contributed by atoms with Gasteiger partial charge in [-0.2, -0.15) is 4.98 Å². The number of hydrogen-bond acceptors (Lipinski definition) is 8. The number of rotatable bonds is 8. The monoisotopic (exact) mass is 485 g/mol. The summed E-state index contributed by atoms with van der Waals surface area (Å²) in [7, 11) is 3.09. The topological polar surface area (TPSA) is 117 Å². The maximum atomic E-state index is 13.5. The highest BCUT2D eigenvalue weighted by Crippen LogP contribution is 2.47. The molecule has 36 heavy (non-hydrogen) atoms. The van der Waals surface area contributed by atoms with E-state index in [-0.39, 0.29) is 11.7 Å². The molecule has 1 aliphatic heterocycles. The van der Waals surface area contributed by atoms with Crippen LogP contribution in [0.4, 0.5) is 11.8 Å². The van der Waals surface area contributed by atoms with Crippen molar-refractivity contribution in [3.05, 3.63) is 82.7 Å². The van der Waals surface area contributed by atoms with Crippen LogP contribution in [0, 0.1) is 5.92 Å². The molecule has 0 radical (unpaired) electrons. The lowest BCUT2D eigenvalue weighted by atomic mass is 9.90. The average Bonchev–Trinajstić information content (AvgIpc) is 3.73. The standard InChI is InChI=1S/C28H31N5O3/c1-35-24-15-17(13-20-16-31-28(30)32-27(20)29)14-22(26(24)36-2)23(34)10-12-33-11-9-18-5-3-4-6-21(18)25(33)19-7-8-19/h3-6,10,12,14-16,19,25H,7-9,11,13H2,1-2H3,(H4,29,30,31,32)/b12-10+. The SMILES string of the molecule is COc1cc(Cc2cnc(N)nc2N)cc(C(=O)/C=C/N2CCc3ccccc3C2C2CC2)c1OC. The summed E-state index contributed by atoms with van der Waals surface area (Å²) in [5, 5.41) is 0. The molecule has 2 heterocycles. The van der Waals surface area contributed by atoms with Gasteiger partial charge in [0.1, 0.15) is 5.82 Å². The van der Waals surface area contributed by atoms with E-state index >= 15 is 0 Å². The highest BCUT2D eigenvalue weighted by atomic mass is 16.5. The Hall–Kier alpha value is -4.07. The molecule has 0 spiro atoms. The van der Waals surface area contributed by atoms with Crippen LogP contribution in [0.1, 0.15) is 51.5 Å². The van der Waals surface area contributed by atoms with E-state index in [0.717, 1.165) is 18.5 Å². The fourth-order valence-corrected chi connectivity index (χ4v) is 5.07. The number of benzene rings is 2. The maximum Gasteiger partial charge on any atom is 0.221 e. The third-order valence-corrected chi connectivity index (χ3v) is 6.97. The first-order valence-corrected chi connectivity index (χ1v) is 12.2. The van der Waals surface area contributed by atoms with Gasteiger partial charge in [0.15, 0.2) is 17.3 Å². The summed E-state index contributed by atoms with van der Waals surface area (Å²) in [5.41, 5.74) is 16.4. The second-order valence-corrected chi connectivity index (χ2v) is 9.34. The number of ether oxygens (including phenoxy) is 2. The van der Waals surface area contributed by atoms with Crippen molar-refractivity contribution in [2.24, 2.45) is 5.92 Å². The zero-order valence-electron chi connectivity index (χ0n) is 20.6. The first-order valence-electron chi connectivity index (χ1n) is 12.2. The van der Waals surface area contributed by atoms with Gasteiger partial charge in [-0.25, -0.2) is 4.98 Å². The molecular weight excluding hydrogens is 454 g/mol. The summed E-state index contributed by atoms with van der Waals surface area (Å²) in [6, 6.07) is 12.6. The van der Waals surface area contributed by atoms with Gasteiger partial charge in [-0.1, -0.05) is 24.3 Å². The van der Waals surface area contributed by atoms with Crippen LogP contribution in [0.15, 0.2) is 54.9 Å². The Balaban J connectivity index is 1.44. The van der Waals surface area contributed by atoms with E-state index in [4.69, 9.17) is 20.9 Å². The summed E-state index contributed by atoms with van der Waals surface area (Å²) < 4.78 is 11.1. The van der Waals surface area contributed by atoms with Crippen LogP contribution in [0.3, 0.4) is 0 Å². The van der Waals surface area contributed by atoms with Crippen LogP contribution >= 0.6 is 0 Å². The third-order valence-electron chi connectivity index (χ3n) is 6.97. The molecule has 8 nitrogen and oxygen atoms in total. The predicted octanol–water partition coefficient (Wildman–Crippen LogP) is 3.95. The van der Waals surface area contributed by atoms with Crippen molar-refractivity contribution in [1.82, 2.24) is 14.9 Å². The molecule has 0 bridgehead atoms. The zero-order valence-corrected chi connectivity index (χ0v) is 20.6. The molecule has 0 saturated heterocycles. The molecule has 186 valence electrons. The molecule has 1 saturated carbocycles. The number of fused-ring (bicyclic) bond motifs is 1. The van der Waals surface area contributed by atoms with Crippen molar-refractivity contribution in [3.63, 3.8) is 0 Å². The molecule has 1 aliphatic carbocycles. The molecule has 5 rings (SSSR count). The summed E-state index contributed by atoms with van der Waals surface area (Å²) in [5.74, 6) is 1.79. The van der Waals surface area contributed by atoms with Gasteiger partial charge >= 0.3 is 0 Å². The summed E-state index contributed by atoms with van der Waals surface area (Å²) in [4.78, 5) is 23.9. The van der Waals surface area contributed by atoms with Crippen LogP contribution < -0.4 is 20.9 Å². The quantitative estimate of drug-likeness (QED) is 0.364. The first kappa shape index (κ1) is 23.7. The highest BCUT2D eigenvalue weighted by Gasteiger charge is 2.38. The predicted molar refractivity (Wildman–Crippen MR) is 139 cm³/mol. The van der Waals surface area contributed by atoms with Gasteiger partial charge in [0.25, 0.3) is 0 Å². The van der Waals surface area contributed by atoms with Crippen molar-refractivity contribution in [2.75, 3.05) is 32.2 Å². The number of ketones is 1. The van der Waals surface area contributed by atoms with Crippen molar-refractivity contribution in [2.45, 2.75) is 31.7 Å². The van der Waals surface area contributed by atoms with Crippen LogP contribution in [0.25, 0.3) is 0 Å². The molecule has 8 heteroatoms. The minimum absolute atomic E-state index is 0.120. The van der Waals surface area contributed by atoms with Crippen molar-refractivity contribution in [3.8, 4) is 11.5 Å².